The molecule has 0 fully saturated rings. The van der Waals surface area contributed by atoms with E-state index in [0.29, 0.717) is 17.4 Å². The summed E-state index contributed by atoms with van der Waals surface area (Å²) in [5, 5.41) is 3.72. The third kappa shape index (κ3) is 3.31. The van der Waals surface area contributed by atoms with Crippen molar-refractivity contribution in [1.82, 2.24) is 29.5 Å². The van der Waals surface area contributed by atoms with Gasteiger partial charge in [0.15, 0.2) is 11.5 Å². The number of imidazole rings is 2. The van der Waals surface area contributed by atoms with Gasteiger partial charge < -0.3 is 10.3 Å². The lowest BCUT2D eigenvalue weighted by Crippen LogP contribution is -2.38. The van der Waals surface area contributed by atoms with Gasteiger partial charge in [-0.2, -0.15) is 9.97 Å². The molecule has 0 saturated heterocycles. The first kappa shape index (κ1) is 19.9. The summed E-state index contributed by atoms with van der Waals surface area (Å²) in [5.41, 5.74) is 3.80. The van der Waals surface area contributed by atoms with Crippen molar-refractivity contribution in [3.63, 3.8) is 0 Å². The summed E-state index contributed by atoms with van der Waals surface area (Å²) >= 11 is 0. The summed E-state index contributed by atoms with van der Waals surface area (Å²) in [7, 11) is 0. The fraction of sp³-hybridized carbons (Fsp3) is 0.0370. The highest BCUT2D eigenvalue weighted by Gasteiger charge is 2.37. The molecule has 0 atom stereocenters. The van der Waals surface area contributed by atoms with Gasteiger partial charge in [0.25, 0.3) is 0 Å². The molecule has 6 rings (SSSR count). The topological polar surface area (TPSA) is 84.3 Å². The lowest BCUT2D eigenvalue weighted by molar-refractivity contribution is 0.700. The van der Waals surface area contributed by atoms with Crippen LogP contribution in [0.4, 0.5) is 5.95 Å². The van der Waals surface area contributed by atoms with Gasteiger partial charge in [-0.25, -0.2) is 9.97 Å². The average Bonchev–Trinajstić information content (AvgIpc) is 3.61. The molecule has 7 heteroatoms. The van der Waals surface area contributed by atoms with Gasteiger partial charge in [0.05, 0.1) is 6.33 Å². The standard InChI is InChI=1S/C27H21N7/c1-4-10-20(11-5-1)27(21-12-6-2-7-13-21,22-14-8-3-9-15-22)33-26-31-24-23(29-18-30-24)25(32-26)34-17-16-28-19-34/h1-19H,(H2,29,30,31,32,33). The van der Waals surface area contributed by atoms with E-state index in [1.807, 2.05) is 65.4 Å². The lowest BCUT2D eigenvalue weighted by Gasteiger charge is -2.37. The highest BCUT2D eigenvalue weighted by Crippen LogP contribution is 2.39. The molecule has 0 saturated carbocycles. The maximum absolute atomic E-state index is 4.91. The Bertz CT molecular complexity index is 1410. The highest BCUT2D eigenvalue weighted by molar-refractivity contribution is 5.79. The third-order valence-electron chi connectivity index (χ3n) is 5.94. The molecule has 0 amide bonds. The highest BCUT2D eigenvalue weighted by atomic mass is 15.2. The van der Waals surface area contributed by atoms with Gasteiger partial charge in [0, 0.05) is 12.4 Å². The fourth-order valence-corrected chi connectivity index (χ4v) is 4.39. The van der Waals surface area contributed by atoms with Crippen LogP contribution in [0.3, 0.4) is 0 Å². The molecule has 0 radical (unpaired) electrons. The number of hydrogen-bond acceptors (Lipinski definition) is 5. The number of aromatic amines is 1. The molecule has 164 valence electrons. The summed E-state index contributed by atoms with van der Waals surface area (Å²) in [6.07, 6.45) is 6.92. The maximum atomic E-state index is 4.91. The average molecular weight is 444 g/mol. The minimum absolute atomic E-state index is 0.458. The zero-order valence-corrected chi connectivity index (χ0v) is 18.2. The largest absolute Gasteiger partial charge is 0.340 e. The van der Waals surface area contributed by atoms with E-state index in [9.17, 15) is 0 Å². The van der Waals surface area contributed by atoms with E-state index in [-0.39, 0.29) is 0 Å². The van der Waals surface area contributed by atoms with Crippen molar-refractivity contribution in [3.8, 4) is 5.82 Å². The normalized spacial score (nSPS) is 11.5. The van der Waals surface area contributed by atoms with Crippen molar-refractivity contribution in [2.24, 2.45) is 0 Å². The number of benzene rings is 3. The summed E-state index contributed by atoms with van der Waals surface area (Å²) < 4.78 is 1.85. The van der Waals surface area contributed by atoms with E-state index in [4.69, 9.17) is 9.97 Å². The Morgan fingerprint density at radius 1 is 0.735 bits per heavy atom. The van der Waals surface area contributed by atoms with E-state index >= 15 is 0 Å². The maximum Gasteiger partial charge on any atom is 0.228 e. The number of H-pyrrole nitrogens is 1. The molecule has 0 aliphatic heterocycles. The number of rotatable bonds is 6. The molecule has 0 bridgehead atoms. The fourth-order valence-electron chi connectivity index (χ4n) is 4.39. The lowest BCUT2D eigenvalue weighted by atomic mass is 9.77. The molecule has 3 aromatic heterocycles. The van der Waals surface area contributed by atoms with E-state index in [1.165, 1.54) is 0 Å². The molecule has 2 N–H and O–H groups in total. The molecule has 3 aromatic carbocycles. The zero-order valence-electron chi connectivity index (χ0n) is 18.2. The molecule has 0 spiro atoms. The summed E-state index contributed by atoms with van der Waals surface area (Å²) in [6.45, 7) is 0. The van der Waals surface area contributed by atoms with Crippen LogP contribution in [0.15, 0.2) is 116 Å². The zero-order chi connectivity index (χ0) is 22.8. The molecule has 0 aliphatic carbocycles. The molecule has 7 nitrogen and oxygen atoms in total. The van der Waals surface area contributed by atoms with Crippen LogP contribution in [0.2, 0.25) is 0 Å². The predicted octanol–water partition coefficient (Wildman–Crippen LogP) is 4.94. The first-order valence-electron chi connectivity index (χ1n) is 11.0. The molecule has 6 aromatic rings. The minimum Gasteiger partial charge on any atom is -0.340 e. The Kier molecular flexibility index (Phi) is 4.85. The SMILES string of the molecule is c1ccc(C(Nc2nc(-n3ccnc3)c3[nH]cnc3n2)(c2ccccc2)c2ccccc2)cc1. The molecular formula is C27H21N7. The van der Waals surface area contributed by atoms with E-state index in [0.717, 1.165) is 22.2 Å². The van der Waals surface area contributed by atoms with Crippen molar-refractivity contribution in [3.05, 3.63) is 133 Å². The van der Waals surface area contributed by atoms with Gasteiger partial charge in [-0.1, -0.05) is 91.0 Å². The van der Waals surface area contributed by atoms with Crippen LogP contribution < -0.4 is 5.32 Å². The Labute approximate surface area is 196 Å². The Morgan fingerprint density at radius 2 is 1.32 bits per heavy atom. The Morgan fingerprint density at radius 3 is 1.85 bits per heavy atom. The summed E-state index contributed by atoms with van der Waals surface area (Å²) in [6, 6.07) is 31.1. The molecule has 0 aliphatic rings. The summed E-state index contributed by atoms with van der Waals surface area (Å²) in [4.78, 5) is 21.4. The van der Waals surface area contributed by atoms with Crippen LogP contribution in [-0.2, 0) is 5.54 Å². The second kappa shape index (κ2) is 8.29. The quantitative estimate of drug-likeness (QED) is 0.356. The first-order chi connectivity index (χ1) is 16.8. The van der Waals surface area contributed by atoms with Gasteiger partial charge in [0.1, 0.15) is 17.4 Å². The monoisotopic (exact) mass is 443 g/mol. The van der Waals surface area contributed by atoms with Crippen molar-refractivity contribution in [2.75, 3.05) is 5.32 Å². The van der Waals surface area contributed by atoms with Gasteiger partial charge in [-0.05, 0) is 16.7 Å². The number of nitrogens with one attached hydrogen (secondary N) is 2. The van der Waals surface area contributed by atoms with Gasteiger partial charge >= 0.3 is 0 Å². The summed E-state index contributed by atoms with van der Waals surface area (Å²) in [5.74, 6) is 1.13. The second-order valence-electron chi connectivity index (χ2n) is 7.91. The van der Waals surface area contributed by atoms with E-state index in [1.54, 1.807) is 18.9 Å². The molecule has 3 heterocycles. The smallest absolute Gasteiger partial charge is 0.228 e. The number of anilines is 1. The molecule has 0 unspecified atom stereocenters. The van der Waals surface area contributed by atoms with Crippen LogP contribution in [0.1, 0.15) is 16.7 Å². The Hall–Kier alpha value is -4.78. The van der Waals surface area contributed by atoms with Gasteiger partial charge in [-0.3, -0.25) is 4.57 Å². The van der Waals surface area contributed by atoms with Crippen LogP contribution in [0.25, 0.3) is 17.0 Å². The van der Waals surface area contributed by atoms with Crippen LogP contribution in [-0.4, -0.2) is 29.5 Å². The van der Waals surface area contributed by atoms with Crippen molar-refractivity contribution >= 4 is 17.1 Å². The van der Waals surface area contributed by atoms with Crippen molar-refractivity contribution in [1.29, 1.82) is 0 Å². The van der Waals surface area contributed by atoms with Crippen molar-refractivity contribution in [2.45, 2.75) is 5.54 Å². The number of fused-ring (bicyclic) bond motifs is 1. The van der Waals surface area contributed by atoms with Gasteiger partial charge in [0.2, 0.25) is 5.95 Å². The number of nitrogens with zero attached hydrogens (tertiary/aromatic N) is 5. The predicted molar refractivity (Wildman–Crippen MR) is 132 cm³/mol. The number of aromatic nitrogens is 6. The van der Waals surface area contributed by atoms with Gasteiger partial charge in [-0.15, -0.1) is 0 Å². The van der Waals surface area contributed by atoms with Crippen LogP contribution >= 0.6 is 0 Å². The van der Waals surface area contributed by atoms with E-state index < -0.39 is 5.54 Å². The van der Waals surface area contributed by atoms with Crippen molar-refractivity contribution < 1.29 is 0 Å². The van der Waals surface area contributed by atoms with Crippen LogP contribution in [0.5, 0.6) is 0 Å². The van der Waals surface area contributed by atoms with E-state index in [2.05, 4.69) is 56.7 Å². The number of hydrogen-bond donors (Lipinski definition) is 2. The second-order valence-corrected chi connectivity index (χ2v) is 7.91. The van der Waals surface area contributed by atoms with Crippen LogP contribution in [0, 0.1) is 0 Å². The minimum atomic E-state index is -0.736. The third-order valence-corrected chi connectivity index (χ3v) is 5.94. The molecular weight excluding hydrogens is 422 g/mol. The first-order valence-corrected chi connectivity index (χ1v) is 11.0. The Balaban J connectivity index is 1.62. The molecule has 34 heavy (non-hydrogen) atoms.